The van der Waals surface area contributed by atoms with Crippen LogP contribution in [0.15, 0.2) is 0 Å². The van der Waals surface area contributed by atoms with E-state index in [1.807, 2.05) is 0 Å². The summed E-state index contributed by atoms with van der Waals surface area (Å²) >= 11 is 0. The maximum Gasteiger partial charge on any atom is 0.283 e. The van der Waals surface area contributed by atoms with Crippen LogP contribution in [0.3, 0.4) is 0 Å². The summed E-state index contributed by atoms with van der Waals surface area (Å²) in [4.78, 5) is 0. The van der Waals surface area contributed by atoms with Crippen LogP contribution >= 0.6 is 0 Å². The van der Waals surface area contributed by atoms with E-state index < -0.39 is 19.1 Å². The summed E-state index contributed by atoms with van der Waals surface area (Å²) in [6.45, 7) is -1.00. The second-order valence-electron chi connectivity index (χ2n) is 2.63. The van der Waals surface area contributed by atoms with Gasteiger partial charge in [0, 0.05) is 0 Å². The molecule has 0 aromatic rings. The van der Waals surface area contributed by atoms with Crippen LogP contribution in [0, 0.1) is 0 Å². The quantitative estimate of drug-likeness (QED) is 0.558. The summed E-state index contributed by atoms with van der Waals surface area (Å²) < 4.78 is 29.7. The fourth-order valence-corrected chi connectivity index (χ4v) is 0.871. The molecular formula is C6H11F2NO2. The second-order valence-corrected chi connectivity index (χ2v) is 2.63. The van der Waals surface area contributed by atoms with E-state index in [0.717, 1.165) is 0 Å². The molecule has 5 heteroatoms. The molecule has 1 aliphatic heterocycles. The van der Waals surface area contributed by atoms with Crippen molar-refractivity contribution in [3.8, 4) is 0 Å². The van der Waals surface area contributed by atoms with Crippen LogP contribution in [-0.2, 0) is 4.74 Å². The van der Waals surface area contributed by atoms with Gasteiger partial charge in [-0.2, -0.15) is 0 Å². The molecule has 66 valence electrons. The average molecular weight is 167 g/mol. The lowest BCUT2D eigenvalue weighted by Crippen LogP contribution is -2.40. The minimum atomic E-state index is -2.80. The van der Waals surface area contributed by atoms with Crippen LogP contribution in [0.4, 0.5) is 8.78 Å². The first-order valence-electron chi connectivity index (χ1n) is 3.44. The summed E-state index contributed by atoms with van der Waals surface area (Å²) in [7, 11) is 0. The highest BCUT2D eigenvalue weighted by molar-refractivity contribution is 4.77. The Bertz CT molecular complexity index is 132. The van der Waals surface area contributed by atoms with E-state index in [2.05, 4.69) is 10.1 Å². The number of nitrogens with one attached hydrogen (secondary N) is 1. The van der Waals surface area contributed by atoms with Gasteiger partial charge in [-0.1, -0.05) is 0 Å². The number of hydrogen-bond acceptors (Lipinski definition) is 3. The summed E-state index contributed by atoms with van der Waals surface area (Å²) in [5.41, 5.74) is 0. The van der Waals surface area contributed by atoms with Crippen molar-refractivity contribution in [3.05, 3.63) is 0 Å². The van der Waals surface area contributed by atoms with Crippen molar-refractivity contribution in [2.45, 2.75) is 12.0 Å². The topological polar surface area (TPSA) is 41.5 Å². The molecule has 1 fully saturated rings. The van der Waals surface area contributed by atoms with Crippen molar-refractivity contribution in [1.82, 2.24) is 5.32 Å². The minimum absolute atomic E-state index is 0.145. The van der Waals surface area contributed by atoms with E-state index in [4.69, 9.17) is 5.11 Å². The van der Waals surface area contributed by atoms with E-state index in [0.29, 0.717) is 0 Å². The predicted molar refractivity (Wildman–Crippen MR) is 34.6 cm³/mol. The third-order valence-electron chi connectivity index (χ3n) is 1.50. The molecule has 0 aromatic heterocycles. The molecule has 1 aliphatic rings. The van der Waals surface area contributed by atoms with Crippen LogP contribution in [0.5, 0.6) is 0 Å². The monoisotopic (exact) mass is 167 g/mol. The highest BCUT2D eigenvalue weighted by Crippen LogP contribution is 2.14. The van der Waals surface area contributed by atoms with Crippen molar-refractivity contribution in [2.75, 3.05) is 26.4 Å². The third-order valence-corrected chi connectivity index (χ3v) is 1.50. The van der Waals surface area contributed by atoms with Gasteiger partial charge in [0.15, 0.2) is 0 Å². The highest BCUT2D eigenvalue weighted by atomic mass is 19.3. The van der Waals surface area contributed by atoms with Crippen molar-refractivity contribution < 1.29 is 18.6 Å². The van der Waals surface area contributed by atoms with E-state index in [-0.39, 0.29) is 19.3 Å². The van der Waals surface area contributed by atoms with Gasteiger partial charge >= 0.3 is 0 Å². The number of halogens is 2. The Morgan fingerprint density at radius 2 is 2.36 bits per heavy atom. The number of hydrogen-bond donors (Lipinski definition) is 2. The van der Waals surface area contributed by atoms with Gasteiger partial charge in [-0.25, -0.2) is 8.78 Å². The zero-order valence-corrected chi connectivity index (χ0v) is 6.02. The van der Waals surface area contributed by atoms with E-state index in [1.165, 1.54) is 0 Å². The van der Waals surface area contributed by atoms with Gasteiger partial charge in [-0.05, 0) is 0 Å². The molecule has 2 N–H and O–H groups in total. The van der Waals surface area contributed by atoms with Crippen molar-refractivity contribution in [3.63, 3.8) is 0 Å². The van der Waals surface area contributed by atoms with E-state index >= 15 is 0 Å². The van der Waals surface area contributed by atoms with Gasteiger partial charge in [0.1, 0.15) is 6.61 Å². The third kappa shape index (κ3) is 2.69. The molecule has 0 aromatic carbocycles. The summed E-state index contributed by atoms with van der Waals surface area (Å²) in [5, 5.41) is 11.1. The largest absolute Gasteiger partial charge is 0.395 e. The number of alkyl halides is 2. The molecule has 0 radical (unpaired) electrons. The maximum absolute atomic E-state index is 12.5. The minimum Gasteiger partial charge on any atom is -0.395 e. The van der Waals surface area contributed by atoms with Crippen LogP contribution in [0.25, 0.3) is 0 Å². The number of aliphatic hydroxyl groups excluding tert-OH is 1. The highest BCUT2D eigenvalue weighted by Gasteiger charge is 2.32. The molecule has 11 heavy (non-hydrogen) atoms. The number of ether oxygens (including phenoxy) is 1. The normalized spacial score (nSPS) is 31.4. The summed E-state index contributed by atoms with van der Waals surface area (Å²) in [5.74, 6) is -2.80. The predicted octanol–water partition coefficient (Wildman–Crippen LogP) is -0.398. The Balaban J connectivity index is 2.39. The Hall–Kier alpha value is -0.260. The fraction of sp³-hybridized carbons (Fsp3) is 1.00. The van der Waals surface area contributed by atoms with Crippen LogP contribution in [0.1, 0.15) is 0 Å². The Labute approximate surface area is 63.3 Å². The molecule has 0 aliphatic carbocycles. The molecule has 0 bridgehead atoms. The zero-order valence-electron chi connectivity index (χ0n) is 6.02. The first-order valence-corrected chi connectivity index (χ1v) is 3.44. The molecule has 1 rings (SSSR count). The summed E-state index contributed by atoms with van der Waals surface area (Å²) in [6, 6.07) is -0.358. The molecule has 0 unspecified atom stereocenters. The van der Waals surface area contributed by atoms with E-state index in [1.54, 1.807) is 0 Å². The first kappa shape index (κ1) is 8.83. The van der Waals surface area contributed by atoms with Gasteiger partial charge in [-0.3, -0.25) is 0 Å². The first-order chi connectivity index (χ1) is 5.14. The lowest BCUT2D eigenvalue weighted by Gasteiger charge is -2.12. The smallest absolute Gasteiger partial charge is 0.283 e. The molecule has 1 heterocycles. The summed E-state index contributed by atoms with van der Waals surface area (Å²) in [6.07, 6.45) is 0. The van der Waals surface area contributed by atoms with Gasteiger partial charge in [-0.15, -0.1) is 0 Å². The lowest BCUT2D eigenvalue weighted by atomic mass is 10.3. The van der Waals surface area contributed by atoms with E-state index in [9.17, 15) is 8.78 Å². The number of aliphatic hydroxyl groups is 1. The molecule has 1 saturated heterocycles. The van der Waals surface area contributed by atoms with Gasteiger partial charge in [0.25, 0.3) is 5.92 Å². The van der Waals surface area contributed by atoms with Crippen LogP contribution in [-0.4, -0.2) is 43.4 Å². The van der Waals surface area contributed by atoms with Crippen molar-refractivity contribution in [2.24, 2.45) is 0 Å². The molecule has 3 nitrogen and oxygen atoms in total. The lowest BCUT2D eigenvalue weighted by molar-refractivity contribution is -0.0591. The molecular weight excluding hydrogens is 156 g/mol. The van der Waals surface area contributed by atoms with Gasteiger partial charge in [0.05, 0.1) is 25.8 Å². The Kier molecular flexibility index (Phi) is 2.75. The van der Waals surface area contributed by atoms with Crippen LogP contribution in [0.2, 0.25) is 0 Å². The Morgan fingerprint density at radius 1 is 1.64 bits per heavy atom. The average Bonchev–Trinajstić information content (AvgIpc) is 2.10. The van der Waals surface area contributed by atoms with Crippen molar-refractivity contribution >= 4 is 0 Å². The van der Waals surface area contributed by atoms with Crippen molar-refractivity contribution in [1.29, 1.82) is 0 Å². The number of rotatable bonds is 1. The molecule has 0 spiro atoms. The van der Waals surface area contributed by atoms with Crippen LogP contribution < -0.4 is 5.32 Å². The second kappa shape index (κ2) is 3.42. The molecule has 1 atom stereocenters. The SMILES string of the molecule is OC[C@@H]1COCC(F)(F)CN1. The maximum atomic E-state index is 12.5. The zero-order chi connectivity index (χ0) is 8.32. The van der Waals surface area contributed by atoms with Gasteiger partial charge in [0.2, 0.25) is 0 Å². The molecule has 0 saturated carbocycles. The van der Waals surface area contributed by atoms with Gasteiger partial charge < -0.3 is 15.2 Å². The Morgan fingerprint density at radius 3 is 3.00 bits per heavy atom. The molecule has 0 amide bonds. The fourth-order valence-electron chi connectivity index (χ4n) is 0.871. The standard InChI is InChI=1S/C6H11F2NO2/c7-6(8)3-9-5(1-10)2-11-4-6/h5,9-10H,1-4H2/t5-/m1/s1.